The SMILES string of the molecule is CC(C)(C)c1ccc(Oc2ccc3cc(C(C)(C)N)ccc3c2)cc1. The summed E-state index contributed by atoms with van der Waals surface area (Å²) in [6.07, 6.45) is 0. The molecule has 0 bridgehead atoms. The van der Waals surface area contributed by atoms with E-state index in [0.717, 1.165) is 22.4 Å². The highest BCUT2D eigenvalue weighted by atomic mass is 16.5. The molecule has 0 aliphatic carbocycles. The Morgan fingerprint density at radius 2 is 1.16 bits per heavy atom. The molecule has 2 heteroatoms. The highest BCUT2D eigenvalue weighted by Gasteiger charge is 2.15. The first-order chi connectivity index (χ1) is 11.6. The van der Waals surface area contributed by atoms with Gasteiger partial charge in [-0.3, -0.25) is 0 Å². The largest absolute Gasteiger partial charge is 0.457 e. The van der Waals surface area contributed by atoms with E-state index >= 15 is 0 Å². The van der Waals surface area contributed by atoms with E-state index in [1.54, 1.807) is 0 Å². The van der Waals surface area contributed by atoms with Crippen LogP contribution in [0.15, 0.2) is 60.7 Å². The van der Waals surface area contributed by atoms with Crippen molar-refractivity contribution in [3.05, 3.63) is 71.8 Å². The summed E-state index contributed by atoms with van der Waals surface area (Å²) in [5, 5.41) is 2.32. The van der Waals surface area contributed by atoms with Gasteiger partial charge < -0.3 is 10.5 Å². The van der Waals surface area contributed by atoms with E-state index in [4.69, 9.17) is 10.5 Å². The zero-order chi connectivity index (χ0) is 18.2. The van der Waals surface area contributed by atoms with Crippen molar-refractivity contribution < 1.29 is 4.74 Å². The molecule has 2 nitrogen and oxygen atoms in total. The third-order valence-corrected chi connectivity index (χ3v) is 4.51. The fraction of sp³-hybridized carbons (Fsp3) is 0.304. The lowest BCUT2D eigenvalue weighted by atomic mass is 9.87. The van der Waals surface area contributed by atoms with Crippen LogP contribution in [0.1, 0.15) is 45.7 Å². The fourth-order valence-electron chi connectivity index (χ4n) is 2.85. The minimum atomic E-state index is -0.335. The van der Waals surface area contributed by atoms with E-state index in [1.807, 2.05) is 32.0 Å². The van der Waals surface area contributed by atoms with E-state index in [2.05, 4.69) is 63.2 Å². The third kappa shape index (κ3) is 4.02. The van der Waals surface area contributed by atoms with Crippen molar-refractivity contribution in [3.63, 3.8) is 0 Å². The van der Waals surface area contributed by atoms with E-state index in [9.17, 15) is 0 Å². The van der Waals surface area contributed by atoms with Gasteiger partial charge in [0.25, 0.3) is 0 Å². The Kier molecular flexibility index (Phi) is 4.34. The van der Waals surface area contributed by atoms with Gasteiger partial charge in [-0.1, -0.05) is 51.1 Å². The zero-order valence-electron chi connectivity index (χ0n) is 15.8. The second kappa shape index (κ2) is 6.20. The second-order valence-electron chi connectivity index (χ2n) is 8.32. The first-order valence-electron chi connectivity index (χ1n) is 8.74. The molecule has 0 saturated carbocycles. The Bertz CT molecular complexity index is 881. The molecule has 0 radical (unpaired) electrons. The number of hydrogen-bond donors (Lipinski definition) is 1. The van der Waals surface area contributed by atoms with Gasteiger partial charge in [0.2, 0.25) is 0 Å². The summed E-state index contributed by atoms with van der Waals surface area (Å²) in [5.41, 5.74) is 8.44. The molecule has 0 unspecified atom stereocenters. The van der Waals surface area contributed by atoms with Gasteiger partial charge in [-0.2, -0.15) is 0 Å². The van der Waals surface area contributed by atoms with Crippen molar-refractivity contribution in [1.82, 2.24) is 0 Å². The zero-order valence-corrected chi connectivity index (χ0v) is 15.8. The summed E-state index contributed by atoms with van der Waals surface area (Å²) >= 11 is 0. The van der Waals surface area contributed by atoms with Gasteiger partial charge in [0.15, 0.2) is 0 Å². The Balaban J connectivity index is 1.85. The van der Waals surface area contributed by atoms with E-state index < -0.39 is 0 Å². The summed E-state index contributed by atoms with van der Waals surface area (Å²) in [4.78, 5) is 0. The Hall–Kier alpha value is -2.32. The molecular weight excluding hydrogens is 306 g/mol. The molecule has 0 aromatic heterocycles. The van der Waals surface area contributed by atoms with Crippen LogP contribution in [-0.2, 0) is 11.0 Å². The van der Waals surface area contributed by atoms with Gasteiger partial charge in [0.1, 0.15) is 11.5 Å². The Labute approximate surface area is 150 Å². The van der Waals surface area contributed by atoms with Gasteiger partial charge in [0.05, 0.1) is 0 Å². The number of ether oxygens (including phenoxy) is 1. The van der Waals surface area contributed by atoms with Crippen molar-refractivity contribution in [2.24, 2.45) is 5.73 Å². The van der Waals surface area contributed by atoms with Crippen molar-refractivity contribution >= 4 is 10.8 Å². The normalized spacial score (nSPS) is 12.4. The average molecular weight is 333 g/mol. The smallest absolute Gasteiger partial charge is 0.128 e. The third-order valence-electron chi connectivity index (χ3n) is 4.51. The van der Waals surface area contributed by atoms with Crippen LogP contribution < -0.4 is 10.5 Å². The maximum Gasteiger partial charge on any atom is 0.128 e. The minimum absolute atomic E-state index is 0.149. The minimum Gasteiger partial charge on any atom is -0.457 e. The molecule has 0 atom stereocenters. The molecule has 0 aliphatic heterocycles. The number of nitrogens with two attached hydrogens (primary N) is 1. The first-order valence-corrected chi connectivity index (χ1v) is 8.74. The highest BCUT2D eigenvalue weighted by molar-refractivity contribution is 5.84. The van der Waals surface area contributed by atoms with E-state index in [-0.39, 0.29) is 11.0 Å². The van der Waals surface area contributed by atoms with E-state index in [1.165, 1.54) is 10.9 Å². The summed E-state index contributed by atoms with van der Waals surface area (Å²) < 4.78 is 6.03. The fourth-order valence-corrected chi connectivity index (χ4v) is 2.85. The predicted molar refractivity (Wildman–Crippen MR) is 106 cm³/mol. The van der Waals surface area contributed by atoms with Crippen molar-refractivity contribution in [2.75, 3.05) is 0 Å². The molecule has 3 aromatic rings. The van der Waals surface area contributed by atoms with Gasteiger partial charge in [-0.05, 0) is 71.5 Å². The van der Waals surface area contributed by atoms with Crippen LogP contribution in [0.2, 0.25) is 0 Å². The van der Waals surface area contributed by atoms with Crippen molar-refractivity contribution in [2.45, 2.75) is 45.6 Å². The second-order valence-corrected chi connectivity index (χ2v) is 8.32. The quantitative estimate of drug-likeness (QED) is 0.626. The lowest BCUT2D eigenvalue weighted by Gasteiger charge is -2.20. The Morgan fingerprint density at radius 3 is 1.76 bits per heavy atom. The highest BCUT2D eigenvalue weighted by Crippen LogP contribution is 2.30. The number of fused-ring (bicyclic) bond motifs is 1. The summed E-state index contributed by atoms with van der Waals surface area (Å²) in [5.74, 6) is 1.70. The molecule has 0 amide bonds. The molecule has 0 fully saturated rings. The Morgan fingerprint density at radius 1 is 0.640 bits per heavy atom. The lowest BCUT2D eigenvalue weighted by Crippen LogP contribution is -2.28. The van der Waals surface area contributed by atoms with Gasteiger partial charge >= 0.3 is 0 Å². The standard InChI is InChI=1S/C23H27NO/c1-22(2,3)18-9-12-20(13-10-18)25-21-11-7-16-14-19(23(4,5)24)8-6-17(16)15-21/h6-15H,24H2,1-5H3. The lowest BCUT2D eigenvalue weighted by molar-refractivity contribution is 0.482. The van der Waals surface area contributed by atoms with Gasteiger partial charge in [-0.25, -0.2) is 0 Å². The predicted octanol–water partition coefficient (Wildman–Crippen LogP) is 6.12. The topological polar surface area (TPSA) is 35.2 Å². The summed E-state index contributed by atoms with van der Waals surface area (Å²) in [7, 11) is 0. The molecule has 0 saturated heterocycles. The van der Waals surface area contributed by atoms with Gasteiger partial charge in [-0.15, -0.1) is 0 Å². The molecule has 3 rings (SSSR count). The van der Waals surface area contributed by atoms with Crippen molar-refractivity contribution in [1.29, 1.82) is 0 Å². The summed E-state index contributed by atoms with van der Waals surface area (Å²) in [6.45, 7) is 10.7. The van der Waals surface area contributed by atoms with Crippen LogP contribution in [0.25, 0.3) is 10.8 Å². The molecule has 0 spiro atoms. The van der Waals surface area contributed by atoms with Crippen LogP contribution in [0, 0.1) is 0 Å². The van der Waals surface area contributed by atoms with Crippen LogP contribution in [-0.4, -0.2) is 0 Å². The molecule has 2 N–H and O–H groups in total. The number of rotatable bonds is 3. The maximum absolute atomic E-state index is 6.20. The van der Waals surface area contributed by atoms with Crippen molar-refractivity contribution in [3.8, 4) is 11.5 Å². The van der Waals surface area contributed by atoms with E-state index in [0.29, 0.717) is 0 Å². The van der Waals surface area contributed by atoms with Gasteiger partial charge in [0, 0.05) is 5.54 Å². The molecule has 0 heterocycles. The average Bonchev–Trinajstić information content (AvgIpc) is 2.53. The number of hydrogen-bond acceptors (Lipinski definition) is 2. The monoisotopic (exact) mass is 333 g/mol. The van der Waals surface area contributed by atoms with Crippen LogP contribution >= 0.6 is 0 Å². The molecule has 25 heavy (non-hydrogen) atoms. The maximum atomic E-state index is 6.20. The van der Waals surface area contributed by atoms with Crippen LogP contribution in [0.5, 0.6) is 11.5 Å². The first kappa shape index (κ1) is 17.5. The van der Waals surface area contributed by atoms with Crippen LogP contribution in [0.3, 0.4) is 0 Å². The molecule has 130 valence electrons. The van der Waals surface area contributed by atoms with Crippen LogP contribution in [0.4, 0.5) is 0 Å². The molecule has 0 aliphatic rings. The summed E-state index contributed by atoms with van der Waals surface area (Å²) in [6, 6.07) is 20.8. The molecular formula is C23H27NO. The number of benzene rings is 3. The molecule has 3 aromatic carbocycles.